The molecule has 7 heteroatoms. The predicted octanol–water partition coefficient (Wildman–Crippen LogP) is 1.91. The van der Waals surface area contributed by atoms with E-state index >= 15 is 0 Å². The van der Waals surface area contributed by atoms with Crippen LogP contribution in [0.4, 0.5) is 0 Å². The van der Waals surface area contributed by atoms with E-state index in [0.717, 1.165) is 12.8 Å². The quantitative estimate of drug-likeness (QED) is 0.870. The highest BCUT2D eigenvalue weighted by molar-refractivity contribution is 7.89. The van der Waals surface area contributed by atoms with Crippen molar-refractivity contribution in [2.24, 2.45) is 5.14 Å². The first-order valence-electron chi connectivity index (χ1n) is 5.92. The van der Waals surface area contributed by atoms with Gasteiger partial charge in [0.2, 0.25) is 10.0 Å². The van der Waals surface area contributed by atoms with Gasteiger partial charge in [-0.25, -0.2) is 13.6 Å². The van der Waals surface area contributed by atoms with Gasteiger partial charge in [0.1, 0.15) is 0 Å². The normalized spacial score (nSPS) is 11.6. The minimum atomic E-state index is -3.85. The summed E-state index contributed by atoms with van der Waals surface area (Å²) in [5.74, 6) is -0.399. The maximum atomic E-state index is 12.0. The number of rotatable bonds is 5. The molecule has 0 aromatic heterocycles. The Morgan fingerprint density at radius 1 is 1.37 bits per heavy atom. The third kappa shape index (κ3) is 4.19. The summed E-state index contributed by atoms with van der Waals surface area (Å²) in [6.07, 6.45) is 1.57. The molecule has 0 atom stereocenters. The van der Waals surface area contributed by atoms with Gasteiger partial charge in [0.05, 0.1) is 15.5 Å². The van der Waals surface area contributed by atoms with E-state index in [2.05, 4.69) is 5.32 Å². The van der Waals surface area contributed by atoms with Crippen molar-refractivity contribution in [1.29, 1.82) is 0 Å². The number of amides is 1. The number of nitrogens with one attached hydrogen (secondary N) is 1. The molecule has 1 aromatic rings. The zero-order valence-electron chi connectivity index (χ0n) is 10.8. The van der Waals surface area contributed by atoms with Crippen molar-refractivity contribution in [2.45, 2.75) is 37.6 Å². The number of carbonyl (C=O) groups is 1. The van der Waals surface area contributed by atoms with Gasteiger partial charge in [0.25, 0.3) is 5.91 Å². The van der Waals surface area contributed by atoms with Gasteiger partial charge in [-0.3, -0.25) is 4.79 Å². The SMILES string of the molecule is CCC(CC)NC(=O)c1cc(S(N)(=O)=O)ccc1Cl. The van der Waals surface area contributed by atoms with Crippen LogP contribution in [-0.2, 0) is 10.0 Å². The second-order valence-electron chi connectivity index (χ2n) is 4.17. The first-order valence-corrected chi connectivity index (χ1v) is 7.85. The Balaban J connectivity index is 3.09. The second kappa shape index (κ2) is 6.36. The number of benzene rings is 1. The molecule has 0 bridgehead atoms. The highest BCUT2D eigenvalue weighted by Gasteiger charge is 2.17. The molecule has 1 aromatic carbocycles. The predicted molar refractivity (Wildman–Crippen MR) is 74.7 cm³/mol. The van der Waals surface area contributed by atoms with Crippen molar-refractivity contribution >= 4 is 27.5 Å². The molecule has 0 heterocycles. The maximum absolute atomic E-state index is 12.0. The lowest BCUT2D eigenvalue weighted by Gasteiger charge is -2.15. The van der Waals surface area contributed by atoms with Crippen molar-refractivity contribution in [1.82, 2.24) is 5.32 Å². The van der Waals surface area contributed by atoms with Crippen LogP contribution < -0.4 is 10.5 Å². The van der Waals surface area contributed by atoms with Gasteiger partial charge in [-0.1, -0.05) is 25.4 Å². The van der Waals surface area contributed by atoms with Crippen molar-refractivity contribution in [3.8, 4) is 0 Å². The molecular weight excluding hydrogens is 288 g/mol. The number of carbonyl (C=O) groups excluding carboxylic acids is 1. The van der Waals surface area contributed by atoms with Crippen molar-refractivity contribution in [3.63, 3.8) is 0 Å². The Morgan fingerprint density at radius 3 is 2.42 bits per heavy atom. The smallest absolute Gasteiger partial charge is 0.253 e. The molecule has 0 fully saturated rings. The number of primary sulfonamides is 1. The van der Waals surface area contributed by atoms with E-state index in [4.69, 9.17) is 16.7 Å². The average molecular weight is 305 g/mol. The number of hydrogen-bond donors (Lipinski definition) is 2. The van der Waals surface area contributed by atoms with E-state index < -0.39 is 15.9 Å². The Bertz CT molecular complexity index is 568. The number of sulfonamides is 1. The fourth-order valence-electron chi connectivity index (χ4n) is 1.61. The second-order valence-corrected chi connectivity index (χ2v) is 6.14. The molecule has 0 aliphatic carbocycles. The number of nitrogens with two attached hydrogens (primary N) is 1. The first-order chi connectivity index (χ1) is 8.79. The van der Waals surface area contributed by atoms with Gasteiger partial charge in [-0.2, -0.15) is 0 Å². The van der Waals surface area contributed by atoms with Crippen molar-refractivity contribution in [2.75, 3.05) is 0 Å². The lowest BCUT2D eigenvalue weighted by molar-refractivity contribution is 0.0935. The van der Waals surface area contributed by atoms with Crippen molar-refractivity contribution in [3.05, 3.63) is 28.8 Å². The van der Waals surface area contributed by atoms with Gasteiger partial charge in [-0.05, 0) is 31.0 Å². The van der Waals surface area contributed by atoms with Crippen LogP contribution in [0.3, 0.4) is 0 Å². The molecule has 1 amide bonds. The van der Waals surface area contributed by atoms with Crippen LogP contribution in [0.25, 0.3) is 0 Å². The summed E-state index contributed by atoms with van der Waals surface area (Å²) in [5.41, 5.74) is 0.111. The van der Waals surface area contributed by atoms with Crippen LogP contribution in [0.15, 0.2) is 23.1 Å². The third-order valence-corrected chi connectivity index (χ3v) is 4.07. The van der Waals surface area contributed by atoms with Gasteiger partial charge in [0.15, 0.2) is 0 Å². The Morgan fingerprint density at radius 2 is 1.95 bits per heavy atom. The molecule has 5 nitrogen and oxygen atoms in total. The fraction of sp³-hybridized carbons (Fsp3) is 0.417. The van der Waals surface area contributed by atoms with Gasteiger partial charge in [0, 0.05) is 6.04 Å². The van der Waals surface area contributed by atoms with Gasteiger partial charge >= 0.3 is 0 Å². The van der Waals surface area contributed by atoms with Crippen LogP contribution in [0.5, 0.6) is 0 Å². The summed E-state index contributed by atoms with van der Waals surface area (Å²) in [6, 6.07) is 3.84. The monoisotopic (exact) mass is 304 g/mol. The molecule has 0 saturated carbocycles. The molecule has 19 heavy (non-hydrogen) atoms. The molecular formula is C12H17ClN2O3S. The maximum Gasteiger partial charge on any atom is 0.253 e. The van der Waals surface area contributed by atoms with E-state index in [1.807, 2.05) is 13.8 Å². The van der Waals surface area contributed by atoms with Gasteiger partial charge < -0.3 is 5.32 Å². The summed E-state index contributed by atoms with van der Waals surface area (Å²) in [6.45, 7) is 3.91. The molecule has 0 saturated heterocycles. The summed E-state index contributed by atoms with van der Waals surface area (Å²) >= 11 is 5.91. The lowest BCUT2D eigenvalue weighted by Crippen LogP contribution is -2.34. The van der Waals surface area contributed by atoms with Crippen LogP contribution in [0, 0.1) is 0 Å². The van der Waals surface area contributed by atoms with Crippen LogP contribution in [0.1, 0.15) is 37.0 Å². The van der Waals surface area contributed by atoms with Crippen LogP contribution >= 0.6 is 11.6 Å². The van der Waals surface area contributed by atoms with E-state index in [1.165, 1.54) is 18.2 Å². The minimum Gasteiger partial charge on any atom is -0.349 e. The molecule has 0 aliphatic heterocycles. The summed E-state index contributed by atoms with van der Waals surface area (Å²) in [7, 11) is -3.85. The van der Waals surface area contributed by atoms with E-state index in [-0.39, 0.29) is 21.5 Å². The topological polar surface area (TPSA) is 89.3 Å². The molecule has 0 unspecified atom stereocenters. The van der Waals surface area contributed by atoms with E-state index in [1.54, 1.807) is 0 Å². The molecule has 106 valence electrons. The number of halogens is 1. The minimum absolute atomic E-state index is 0.0294. The van der Waals surface area contributed by atoms with Gasteiger partial charge in [-0.15, -0.1) is 0 Å². The van der Waals surface area contributed by atoms with E-state index in [9.17, 15) is 13.2 Å². The Hall–Kier alpha value is -1.11. The largest absolute Gasteiger partial charge is 0.349 e. The zero-order valence-corrected chi connectivity index (χ0v) is 12.4. The summed E-state index contributed by atoms with van der Waals surface area (Å²) < 4.78 is 22.5. The zero-order chi connectivity index (χ0) is 14.6. The Kier molecular flexibility index (Phi) is 5.34. The molecule has 1 rings (SSSR count). The molecule has 0 aliphatic rings. The molecule has 0 spiro atoms. The van der Waals surface area contributed by atoms with Crippen LogP contribution in [0.2, 0.25) is 5.02 Å². The Labute approximate surface area is 118 Å². The third-order valence-electron chi connectivity index (χ3n) is 2.83. The van der Waals surface area contributed by atoms with Crippen molar-refractivity contribution < 1.29 is 13.2 Å². The first kappa shape index (κ1) is 15.9. The standard InChI is InChI=1S/C12H17ClN2O3S/c1-3-8(4-2)15-12(16)10-7-9(19(14,17)18)5-6-11(10)13/h5-8H,3-4H2,1-2H3,(H,15,16)(H2,14,17,18). The van der Waals surface area contributed by atoms with Crippen LogP contribution in [-0.4, -0.2) is 20.4 Å². The lowest BCUT2D eigenvalue weighted by atomic mass is 10.1. The number of hydrogen-bond acceptors (Lipinski definition) is 3. The summed E-state index contributed by atoms with van der Waals surface area (Å²) in [5, 5.41) is 8.01. The average Bonchev–Trinajstić information content (AvgIpc) is 2.34. The highest BCUT2D eigenvalue weighted by atomic mass is 35.5. The molecule has 3 N–H and O–H groups in total. The summed E-state index contributed by atoms with van der Waals surface area (Å²) in [4.78, 5) is 11.9. The molecule has 0 radical (unpaired) electrons. The highest BCUT2D eigenvalue weighted by Crippen LogP contribution is 2.20. The fourth-order valence-corrected chi connectivity index (χ4v) is 2.35. The van der Waals surface area contributed by atoms with E-state index in [0.29, 0.717) is 0 Å².